The predicted octanol–water partition coefficient (Wildman–Crippen LogP) is 0.490. The molecule has 76 valence electrons. The van der Waals surface area contributed by atoms with Gasteiger partial charge in [0.05, 0.1) is 0 Å². The molecule has 1 aliphatic rings. The zero-order chi connectivity index (χ0) is 9.80. The van der Waals surface area contributed by atoms with E-state index in [4.69, 9.17) is 0 Å². The first kappa shape index (κ1) is 9.05. The van der Waals surface area contributed by atoms with Gasteiger partial charge in [0.1, 0.15) is 0 Å². The molecule has 0 spiro atoms. The summed E-state index contributed by atoms with van der Waals surface area (Å²) in [5.41, 5.74) is 0. The van der Waals surface area contributed by atoms with E-state index in [-0.39, 0.29) is 11.9 Å². The molecule has 5 heteroatoms. The molecule has 1 fully saturated rings. The molecule has 3 N–H and O–H groups in total. The van der Waals surface area contributed by atoms with Gasteiger partial charge in [-0.15, -0.1) is 0 Å². The lowest BCUT2D eigenvalue weighted by molar-refractivity contribution is -0.120. The number of nitrogens with one attached hydrogen (secondary N) is 3. The summed E-state index contributed by atoms with van der Waals surface area (Å²) in [6.07, 6.45) is 6.00. The Morgan fingerprint density at radius 2 is 2.50 bits per heavy atom. The molecule has 0 radical (unpaired) electrons. The number of anilines is 1. The lowest BCUT2D eigenvalue weighted by Crippen LogP contribution is -2.27. The largest absolute Gasteiger partial charge is 0.356 e. The van der Waals surface area contributed by atoms with Gasteiger partial charge in [0.15, 0.2) is 5.95 Å². The van der Waals surface area contributed by atoms with Crippen molar-refractivity contribution in [2.24, 2.45) is 0 Å². The van der Waals surface area contributed by atoms with Crippen LogP contribution in [0.15, 0.2) is 12.4 Å². The maximum atomic E-state index is 11.2. The van der Waals surface area contributed by atoms with Crippen molar-refractivity contribution in [3.63, 3.8) is 0 Å². The number of rotatable bonds is 2. The Balaban J connectivity index is 1.93. The predicted molar refractivity (Wildman–Crippen MR) is 52.9 cm³/mol. The van der Waals surface area contributed by atoms with Crippen LogP contribution in [0, 0.1) is 0 Å². The third-order valence-corrected chi connectivity index (χ3v) is 2.32. The van der Waals surface area contributed by atoms with Crippen LogP contribution >= 0.6 is 0 Å². The molecule has 2 rings (SSSR count). The van der Waals surface area contributed by atoms with Crippen molar-refractivity contribution in [2.45, 2.75) is 25.3 Å². The molecule has 0 saturated carbocycles. The Kier molecular flexibility index (Phi) is 2.67. The highest BCUT2D eigenvalue weighted by molar-refractivity contribution is 5.77. The first-order valence-corrected chi connectivity index (χ1v) is 4.87. The molecule has 1 aliphatic heterocycles. The fourth-order valence-corrected chi connectivity index (χ4v) is 1.64. The van der Waals surface area contributed by atoms with Gasteiger partial charge in [0.2, 0.25) is 5.91 Å². The SMILES string of the molecule is O=C1CC(Nc2ncc[nH]2)CCCN1. The molecule has 1 amide bonds. The van der Waals surface area contributed by atoms with E-state index in [2.05, 4.69) is 20.6 Å². The molecule has 0 aromatic carbocycles. The molecule has 1 atom stereocenters. The van der Waals surface area contributed by atoms with Crippen molar-refractivity contribution in [1.82, 2.24) is 15.3 Å². The van der Waals surface area contributed by atoms with Crippen LogP contribution in [0.4, 0.5) is 5.95 Å². The number of amides is 1. The topological polar surface area (TPSA) is 69.8 Å². The van der Waals surface area contributed by atoms with Gasteiger partial charge in [-0.1, -0.05) is 0 Å². The third-order valence-electron chi connectivity index (χ3n) is 2.32. The van der Waals surface area contributed by atoms with Crippen molar-refractivity contribution in [2.75, 3.05) is 11.9 Å². The number of aromatic nitrogens is 2. The van der Waals surface area contributed by atoms with Gasteiger partial charge in [-0.2, -0.15) is 0 Å². The number of imidazole rings is 1. The van der Waals surface area contributed by atoms with E-state index in [0.717, 1.165) is 25.3 Å². The van der Waals surface area contributed by atoms with Gasteiger partial charge in [0, 0.05) is 31.4 Å². The number of hydrogen-bond acceptors (Lipinski definition) is 3. The van der Waals surface area contributed by atoms with Crippen molar-refractivity contribution in [3.05, 3.63) is 12.4 Å². The Morgan fingerprint density at radius 1 is 1.57 bits per heavy atom. The minimum absolute atomic E-state index is 0.117. The highest BCUT2D eigenvalue weighted by Gasteiger charge is 2.17. The zero-order valence-corrected chi connectivity index (χ0v) is 7.92. The monoisotopic (exact) mass is 194 g/mol. The van der Waals surface area contributed by atoms with Crippen molar-refractivity contribution in [3.8, 4) is 0 Å². The standard InChI is InChI=1S/C9H14N4O/c14-8-6-7(2-1-3-10-8)13-9-11-4-5-12-9/h4-5,7H,1-3,6H2,(H,10,14)(H2,11,12,13). The second kappa shape index (κ2) is 4.13. The zero-order valence-electron chi connectivity index (χ0n) is 7.92. The summed E-state index contributed by atoms with van der Waals surface area (Å²) >= 11 is 0. The number of hydrogen-bond donors (Lipinski definition) is 3. The highest BCUT2D eigenvalue weighted by atomic mass is 16.1. The molecule has 2 heterocycles. The summed E-state index contributed by atoms with van der Waals surface area (Å²) in [6.45, 7) is 0.787. The molecule has 5 nitrogen and oxygen atoms in total. The van der Waals surface area contributed by atoms with E-state index < -0.39 is 0 Å². The molecule has 0 bridgehead atoms. The minimum atomic E-state index is 0.117. The molecule has 14 heavy (non-hydrogen) atoms. The molecular formula is C9H14N4O. The van der Waals surface area contributed by atoms with Crippen molar-refractivity contribution >= 4 is 11.9 Å². The third kappa shape index (κ3) is 2.25. The summed E-state index contributed by atoms with van der Waals surface area (Å²) in [6, 6.07) is 0.198. The maximum absolute atomic E-state index is 11.2. The average Bonchev–Trinajstić information content (AvgIpc) is 2.56. The van der Waals surface area contributed by atoms with Gasteiger partial charge < -0.3 is 15.6 Å². The summed E-state index contributed by atoms with van der Waals surface area (Å²) < 4.78 is 0. The number of nitrogens with zero attached hydrogens (tertiary/aromatic N) is 1. The van der Waals surface area contributed by atoms with Gasteiger partial charge in [0.25, 0.3) is 0 Å². The van der Waals surface area contributed by atoms with E-state index in [9.17, 15) is 4.79 Å². The lowest BCUT2D eigenvalue weighted by Gasteiger charge is -2.13. The number of H-pyrrole nitrogens is 1. The van der Waals surface area contributed by atoms with Crippen LogP contribution < -0.4 is 10.6 Å². The molecule has 1 saturated heterocycles. The summed E-state index contributed by atoms with van der Waals surface area (Å²) in [7, 11) is 0. The van der Waals surface area contributed by atoms with Crippen LogP contribution in [0.25, 0.3) is 0 Å². The first-order valence-electron chi connectivity index (χ1n) is 4.87. The highest BCUT2D eigenvalue weighted by Crippen LogP contribution is 2.10. The molecule has 0 aliphatic carbocycles. The van der Waals surface area contributed by atoms with Crippen LogP contribution in [0.5, 0.6) is 0 Å². The fraction of sp³-hybridized carbons (Fsp3) is 0.556. The Morgan fingerprint density at radius 3 is 3.29 bits per heavy atom. The van der Waals surface area contributed by atoms with Crippen LogP contribution in [0.3, 0.4) is 0 Å². The quantitative estimate of drug-likeness (QED) is 0.641. The summed E-state index contributed by atoms with van der Waals surface area (Å²) in [4.78, 5) is 18.3. The number of carbonyl (C=O) groups excluding carboxylic acids is 1. The first-order chi connectivity index (χ1) is 6.84. The van der Waals surface area contributed by atoms with Gasteiger partial charge in [-0.05, 0) is 12.8 Å². The van der Waals surface area contributed by atoms with Crippen molar-refractivity contribution < 1.29 is 4.79 Å². The van der Waals surface area contributed by atoms with Gasteiger partial charge in [-0.25, -0.2) is 4.98 Å². The average molecular weight is 194 g/mol. The smallest absolute Gasteiger partial charge is 0.222 e. The lowest BCUT2D eigenvalue weighted by atomic mass is 10.1. The minimum Gasteiger partial charge on any atom is -0.356 e. The second-order valence-corrected chi connectivity index (χ2v) is 3.48. The summed E-state index contributed by atoms with van der Waals surface area (Å²) in [5.74, 6) is 0.858. The van der Waals surface area contributed by atoms with E-state index in [1.807, 2.05) is 0 Å². The van der Waals surface area contributed by atoms with Crippen LogP contribution in [-0.4, -0.2) is 28.5 Å². The summed E-state index contributed by atoms with van der Waals surface area (Å²) in [5, 5.41) is 6.05. The molecule has 1 unspecified atom stereocenters. The number of carbonyl (C=O) groups is 1. The molecular weight excluding hydrogens is 180 g/mol. The van der Waals surface area contributed by atoms with E-state index in [0.29, 0.717) is 6.42 Å². The van der Waals surface area contributed by atoms with Gasteiger partial charge in [-0.3, -0.25) is 4.79 Å². The van der Waals surface area contributed by atoms with Crippen LogP contribution in [-0.2, 0) is 4.79 Å². The van der Waals surface area contributed by atoms with Crippen LogP contribution in [0.2, 0.25) is 0 Å². The Bertz CT molecular complexity index is 296. The van der Waals surface area contributed by atoms with E-state index in [1.54, 1.807) is 12.4 Å². The molecule has 1 aromatic heterocycles. The molecule has 1 aromatic rings. The normalized spacial score (nSPS) is 22.6. The van der Waals surface area contributed by atoms with Gasteiger partial charge >= 0.3 is 0 Å². The fourth-order valence-electron chi connectivity index (χ4n) is 1.64. The van der Waals surface area contributed by atoms with E-state index >= 15 is 0 Å². The van der Waals surface area contributed by atoms with E-state index in [1.165, 1.54) is 0 Å². The Hall–Kier alpha value is -1.52. The Labute approximate surface area is 82.3 Å². The van der Waals surface area contributed by atoms with Crippen LogP contribution in [0.1, 0.15) is 19.3 Å². The number of aromatic amines is 1. The second-order valence-electron chi connectivity index (χ2n) is 3.48. The van der Waals surface area contributed by atoms with Crippen molar-refractivity contribution in [1.29, 1.82) is 0 Å². The maximum Gasteiger partial charge on any atom is 0.222 e.